The van der Waals surface area contributed by atoms with E-state index in [1.807, 2.05) is 6.07 Å². The fourth-order valence-electron chi connectivity index (χ4n) is 3.63. The van der Waals surface area contributed by atoms with Gasteiger partial charge in [-0.25, -0.2) is 17.8 Å². The number of amides is 1. The third-order valence-corrected chi connectivity index (χ3v) is 6.80. The molecule has 0 spiro atoms. The van der Waals surface area contributed by atoms with Gasteiger partial charge in [0.05, 0.1) is 40.1 Å². The fourth-order valence-corrected chi connectivity index (χ4v) is 4.32. The van der Waals surface area contributed by atoms with Crippen molar-refractivity contribution in [2.24, 2.45) is 0 Å². The second-order valence-corrected chi connectivity index (χ2v) is 10.5. The fraction of sp³-hybridized carbons (Fsp3) is 0.250. The smallest absolute Gasteiger partial charge is 0.261 e. The molecule has 36 heavy (non-hydrogen) atoms. The molecule has 2 aromatic carbocycles. The van der Waals surface area contributed by atoms with Crippen molar-refractivity contribution < 1.29 is 27.3 Å². The molecule has 1 aromatic heterocycles. The van der Waals surface area contributed by atoms with Crippen molar-refractivity contribution in [2.75, 3.05) is 18.7 Å². The average Bonchev–Trinajstić information content (AvgIpc) is 3.46. The molecule has 2 atom stereocenters. The number of alkyl halides is 2. The Bertz CT molecular complexity index is 1520. The lowest BCUT2D eigenvalue weighted by molar-refractivity contribution is 0.101. The zero-order valence-corrected chi connectivity index (χ0v) is 20.3. The van der Waals surface area contributed by atoms with Crippen LogP contribution in [0, 0.1) is 23.0 Å². The number of nitrogens with zero attached hydrogens (tertiary/aromatic N) is 3. The number of ether oxygens (including phenoxy) is 2. The Hall–Kier alpha value is -4.11. The number of nitrogens with one attached hydrogen (secondary N) is 2. The molecule has 1 unspecified atom stereocenters. The van der Waals surface area contributed by atoms with E-state index >= 15 is 0 Å². The predicted octanol–water partition coefficient (Wildman–Crippen LogP) is 4.87. The van der Waals surface area contributed by atoms with Gasteiger partial charge in [-0.2, -0.15) is 10.4 Å². The lowest BCUT2D eigenvalue weighted by Gasteiger charge is -2.16. The van der Waals surface area contributed by atoms with E-state index in [0.717, 1.165) is 0 Å². The summed E-state index contributed by atoms with van der Waals surface area (Å²) in [6.45, 7) is 1.48. The van der Waals surface area contributed by atoms with Crippen LogP contribution in [-0.2, 0) is 9.73 Å². The van der Waals surface area contributed by atoms with Gasteiger partial charge in [-0.1, -0.05) is 6.07 Å². The quantitative estimate of drug-likeness (QED) is 0.460. The van der Waals surface area contributed by atoms with Gasteiger partial charge in [0.1, 0.15) is 5.56 Å². The molecule has 1 heterocycles. The van der Waals surface area contributed by atoms with Crippen LogP contribution in [0.2, 0.25) is 0 Å². The Kier molecular flexibility index (Phi) is 6.36. The molecule has 3 aromatic rings. The molecule has 1 fully saturated rings. The molecule has 9 nitrogen and oxygen atoms in total. The van der Waals surface area contributed by atoms with E-state index in [9.17, 15) is 17.8 Å². The second-order valence-electron chi connectivity index (χ2n) is 8.31. The summed E-state index contributed by atoms with van der Waals surface area (Å²) in [6.07, 6.45) is 0.855. The van der Waals surface area contributed by atoms with Gasteiger partial charge in [0.2, 0.25) is 0 Å². The van der Waals surface area contributed by atoms with E-state index in [1.165, 1.54) is 62.8 Å². The van der Waals surface area contributed by atoms with Crippen molar-refractivity contribution in [3.8, 4) is 23.4 Å². The molecule has 2 N–H and O–H groups in total. The standard InChI is InChI=1S/C24H21F2N5O4S/c1-13-20(22(32)29-15-5-4-6-16(10-15)36(3,28)33)23(31-30-21(13)17-11-24(17,25)26)35-18-8-7-14(12-27)9-19(18)34-2/h4-10,17,28H,11H2,1-3H3,(H,29,32)/t17?,36-/m0/s1. The van der Waals surface area contributed by atoms with Crippen LogP contribution in [-0.4, -0.2) is 39.6 Å². The van der Waals surface area contributed by atoms with Crippen LogP contribution in [0.25, 0.3) is 0 Å². The molecule has 0 bridgehead atoms. The molecule has 0 aliphatic heterocycles. The van der Waals surface area contributed by atoms with Crippen molar-refractivity contribution in [1.82, 2.24) is 10.2 Å². The number of aromatic nitrogens is 2. The summed E-state index contributed by atoms with van der Waals surface area (Å²) in [5.74, 6) is -4.75. The highest BCUT2D eigenvalue weighted by Crippen LogP contribution is 2.56. The van der Waals surface area contributed by atoms with Crippen molar-refractivity contribution >= 4 is 21.3 Å². The Balaban J connectivity index is 1.76. The first-order valence-corrected chi connectivity index (χ1v) is 12.6. The minimum Gasteiger partial charge on any atom is -0.493 e. The number of carbonyl (C=O) groups excluding carboxylic acids is 1. The highest BCUT2D eigenvalue weighted by molar-refractivity contribution is 7.91. The van der Waals surface area contributed by atoms with Crippen LogP contribution in [0.4, 0.5) is 14.5 Å². The van der Waals surface area contributed by atoms with E-state index < -0.39 is 33.9 Å². The van der Waals surface area contributed by atoms with E-state index in [-0.39, 0.29) is 44.8 Å². The molecule has 1 amide bonds. The molecule has 186 valence electrons. The number of benzene rings is 2. The van der Waals surface area contributed by atoms with E-state index in [4.69, 9.17) is 19.5 Å². The SMILES string of the molecule is COc1cc(C#N)ccc1Oc1nnc(C2CC2(F)F)c(C)c1C(=O)Nc1cccc([S@@](C)(=N)=O)c1. The van der Waals surface area contributed by atoms with Crippen molar-refractivity contribution in [2.45, 2.75) is 30.1 Å². The van der Waals surface area contributed by atoms with Crippen LogP contribution in [0.5, 0.6) is 17.4 Å². The van der Waals surface area contributed by atoms with Crippen molar-refractivity contribution in [3.63, 3.8) is 0 Å². The van der Waals surface area contributed by atoms with Crippen LogP contribution in [0.15, 0.2) is 47.4 Å². The van der Waals surface area contributed by atoms with E-state index in [2.05, 4.69) is 15.5 Å². The molecule has 0 radical (unpaired) electrons. The number of rotatable bonds is 7. The predicted molar refractivity (Wildman–Crippen MR) is 126 cm³/mol. The largest absolute Gasteiger partial charge is 0.493 e. The highest BCUT2D eigenvalue weighted by Gasteiger charge is 2.59. The topological polar surface area (TPSA) is 138 Å². The minimum absolute atomic E-state index is 0.0132. The van der Waals surface area contributed by atoms with Gasteiger partial charge in [0, 0.05) is 29.3 Å². The highest BCUT2D eigenvalue weighted by atomic mass is 32.2. The maximum Gasteiger partial charge on any atom is 0.261 e. The molecule has 0 saturated heterocycles. The second kappa shape index (κ2) is 9.16. The third-order valence-electron chi connectivity index (χ3n) is 5.65. The van der Waals surface area contributed by atoms with Gasteiger partial charge < -0.3 is 14.8 Å². The number of carbonyl (C=O) groups is 1. The van der Waals surface area contributed by atoms with E-state index in [1.54, 1.807) is 0 Å². The van der Waals surface area contributed by atoms with Gasteiger partial charge >= 0.3 is 0 Å². The van der Waals surface area contributed by atoms with Crippen molar-refractivity contribution in [3.05, 3.63) is 64.8 Å². The molecule has 1 aliphatic rings. The lowest BCUT2D eigenvalue weighted by atomic mass is 10.1. The van der Waals surface area contributed by atoms with Gasteiger partial charge in [-0.3, -0.25) is 4.79 Å². The summed E-state index contributed by atoms with van der Waals surface area (Å²) in [5, 5.41) is 19.6. The van der Waals surface area contributed by atoms with Crippen LogP contribution >= 0.6 is 0 Å². The Labute approximate surface area is 206 Å². The van der Waals surface area contributed by atoms with Gasteiger partial charge in [0.15, 0.2) is 11.5 Å². The van der Waals surface area contributed by atoms with Crippen LogP contribution < -0.4 is 14.8 Å². The maximum atomic E-state index is 13.8. The van der Waals surface area contributed by atoms with Crippen molar-refractivity contribution in [1.29, 1.82) is 10.0 Å². The van der Waals surface area contributed by atoms with Crippen LogP contribution in [0.3, 0.4) is 0 Å². The van der Waals surface area contributed by atoms with Crippen LogP contribution in [0.1, 0.15) is 39.5 Å². The lowest BCUT2D eigenvalue weighted by Crippen LogP contribution is -2.18. The summed E-state index contributed by atoms with van der Waals surface area (Å²) in [5.41, 5.74) is 0.592. The molecule has 1 saturated carbocycles. The monoisotopic (exact) mass is 513 g/mol. The maximum absolute atomic E-state index is 13.8. The first-order chi connectivity index (χ1) is 16.9. The summed E-state index contributed by atoms with van der Waals surface area (Å²) >= 11 is 0. The molecule has 1 aliphatic carbocycles. The summed E-state index contributed by atoms with van der Waals surface area (Å²) in [4.78, 5) is 13.6. The summed E-state index contributed by atoms with van der Waals surface area (Å²) < 4.78 is 58.6. The van der Waals surface area contributed by atoms with E-state index in [0.29, 0.717) is 5.56 Å². The number of methoxy groups -OCH3 is 1. The third kappa shape index (κ3) is 4.96. The Morgan fingerprint density at radius 3 is 2.58 bits per heavy atom. The summed E-state index contributed by atoms with van der Waals surface area (Å²) in [6, 6.07) is 12.3. The zero-order chi connectivity index (χ0) is 26.3. The number of anilines is 1. The zero-order valence-electron chi connectivity index (χ0n) is 19.5. The molecular weight excluding hydrogens is 492 g/mol. The minimum atomic E-state index is -3.04. The Morgan fingerprint density at radius 2 is 1.97 bits per heavy atom. The average molecular weight is 514 g/mol. The normalized spacial score (nSPS) is 17.4. The van der Waals surface area contributed by atoms with Gasteiger partial charge in [-0.05, 0) is 42.8 Å². The number of hydrogen-bond donors (Lipinski definition) is 2. The first-order valence-electron chi connectivity index (χ1n) is 10.6. The summed E-state index contributed by atoms with van der Waals surface area (Å²) in [7, 11) is -1.67. The van der Waals surface area contributed by atoms with Gasteiger partial charge in [-0.15, -0.1) is 5.10 Å². The number of hydrogen-bond acceptors (Lipinski definition) is 8. The number of nitriles is 1. The van der Waals surface area contributed by atoms with Gasteiger partial charge in [0.25, 0.3) is 17.7 Å². The Morgan fingerprint density at radius 1 is 1.25 bits per heavy atom. The molecule has 12 heteroatoms. The molecule has 4 rings (SSSR count). The first kappa shape index (κ1) is 25.0. The number of halogens is 2. The molecular formula is C24H21F2N5O4S.